The molecular formula is C12H17ClN2O. The van der Waals surface area contributed by atoms with Crippen LogP contribution in [0.15, 0.2) is 18.3 Å². The molecule has 1 N–H and O–H groups in total. The number of aryl methyl sites for hydroxylation is 1. The van der Waals surface area contributed by atoms with Crippen LogP contribution in [0.2, 0.25) is 0 Å². The molecule has 1 saturated heterocycles. The van der Waals surface area contributed by atoms with Crippen molar-refractivity contribution in [3.8, 4) is 5.75 Å². The third kappa shape index (κ3) is 2.47. The summed E-state index contributed by atoms with van der Waals surface area (Å²) in [5, 5.41) is 3.56. The van der Waals surface area contributed by atoms with Crippen molar-refractivity contribution in [1.29, 1.82) is 0 Å². The van der Waals surface area contributed by atoms with Gasteiger partial charge in [0.2, 0.25) is 0 Å². The molecule has 0 spiro atoms. The second-order valence-electron chi connectivity index (χ2n) is 4.65. The fourth-order valence-electron chi connectivity index (χ4n) is 2.30. The van der Waals surface area contributed by atoms with Gasteiger partial charge in [0, 0.05) is 17.8 Å². The van der Waals surface area contributed by atoms with E-state index in [-0.39, 0.29) is 12.4 Å². The molecule has 3 nitrogen and oxygen atoms in total. The lowest BCUT2D eigenvalue weighted by Gasteiger charge is -2.14. The van der Waals surface area contributed by atoms with Gasteiger partial charge in [-0.1, -0.05) is 0 Å². The van der Waals surface area contributed by atoms with Crippen molar-refractivity contribution in [2.45, 2.75) is 31.8 Å². The van der Waals surface area contributed by atoms with Crippen LogP contribution >= 0.6 is 12.4 Å². The Kier molecular flexibility index (Phi) is 3.36. The molecular weight excluding hydrogens is 224 g/mol. The molecule has 1 saturated carbocycles. The van der Waals surface area contributed by atoms with Crippen molar-refractivity contribution in [1.82, 2.24) is 10.3 Å². The first-order valence-corrected chi connectivity index (χ1v) is 5.63. The van der Waals surface area contributed by atoms with Gasteiger partial charge in [0.15, 0.2) is 0 Å². The number of pyridine rings is 1. The first-order valence-electron chi connectivity index (χ1n) is 5.63. The van der Waals surface area contributed by atoms with E-state index in [1.54, 1.807) is 6.20 Å². The van der Waals surface area contributed by atoms with Crippen LogP contribution in [-0.2, 0) is 0 Å². The number of aromatic nitrogens is 1. The second-order valence-corrected chi connectivity index (χ2v) is 4.65. The summed E-state index contributed by atoms with van der Waals surface area (Å²) in [6.07, 6.45) is 4.46. The molecule has 1 aromatic rings. The van der Waals surface area contributed by atoms with E-state index in [1.165, 1.54) is 12.8 Å². The third-order valence-electron chi connectivity index (χ3n) is 3.30. The van der Waals surface area contributed by atoms with Gasteiger partial charge in [-0.05, 0) is 37.8 Å². The van der Waals surface area contributed by atoms with Gasteiger partial charge in [0.05, 0.1) is 6.20 Å². The molecule has 2 fully saturated rings. The quantitative estimate of drug-likeness (QED) is 0.877. The first-order chi connectivity index (χ1) is 7.31. The molecule has 3 atom stereocenters. The summed E-state index contributed by atoms with van der Waals surface area (Å²) in [4.78, 5) is 4.20. The van der Waals surface area contributed by atoms with E-state index in [1.807, 2.05) is 19.1 Å². The average Bonchev–Trinajstić information content (AvgIpc) is 2.86. The van der Waals surface area contributed by atoms with E-state index in [0.717, 1.165) is 30.0 Å². The minimum atomic E-state index is 0. The number of hydrogen-bond donors (Lipinski definition) is 1. The Balaban J connectivity index is 0.000000963. The molecule has 1 aliphatic heterocycles. The van der Waals surface area contributed by atoms with Crippen LogP contribution in [0, 0.1) is 12.8 Å². The fraction of sp³-hybridized carbons (Fsp3) is 0.583. The van der Waals surface area contributed by atoms with Crippen LogP contribution in [-0.4, -0.2) is 23.7 Å². The Morgan fingerprint density at radius 1 is 1.44 bits per heavy atom. The highest BCUT2D eigenvalue weighted by Gasteiger charge is 2.45. The lowest BCUT2D eigenvalue weighted by Crippen LogP contribution is -2.31. The monoisotopic (exact) mass is 240 g/mol. The molecule has 3 rings (SSSR count). The van der Waals surface area contributed by atoms with Crippen molar-refractivity contribution in [3.05, 3.63) is 24.0 Å². The molecule has 1 aliphatic carbocycles. The Hall–Kier alpha value is -0.800. The number of nitrogens with one attached hydrogen (secondary N) is 1. The number of hydrogen-bond acceptors (Lipinski definition) is 3. The maximum absolute atomic E-state index is 5.69. The Morgan fingerprint density at radius 3 is 2.94 bits per heavy atom. The van der Waals surface area contributed by atoms with Crippen molar-refractivity contribution in [3.63, 3.8) is 0 Å². The van der Waals surface area contributed by atoms with Gasteiger partial charge in [-0.2, -0.15) is 0 Å². The topological polar surface area (TPSA) is 34.1 Å². The van der Waals surface area contributed by atoms with Crippen molar-refractivity contribution < 1.29 is 4.74 Å². The van der Waals surface area contributed by atoms with E-state index >= 15 is 0 Å². The summed E-state index contributed by atoms with van der Waals surface area (Å²) < 4.78 is 5.69. The van der Waals surface area contributed by atoms with Gasteiger partial charge in [-0.25, -0.2) is 0 Å². The molecule has 2 aliphatic rings. The van der Waals surface area contributed by atoms with E-state index in [0.29, 0.717) is 6.04 Å². The normalized spacial score (nSPS) is 30.4. The molecule has 16 heavy (non-hydrogen) atoms. The molecule has 88 valence electrons. The minimum Gasteiger partial charge on any atom is -0.490 e. The minimum absolute atomic E-state index is 0. The standard InChI is InChI=1S/C12H16N2O.ClH/c1-8-2-3-11(6-13-8)15-7-10-4-9-5-12(9)14-10;/h2-3,6,9-10,12,14H,4-5,7H2,1H3;1H/t9-,10+,12+;/m1./s1. The highest BCUT2D eigenvalue weighted by Crippen LogP contribution is 2.40. The van der Waals surface area contributed by atoms with Crippen molar-refractivity contribution in [2.75, 3.05) is 6.61 Å². The van der Waals surface area contributed by atoms with Crippen LogP contribution < -0.4 is 10.1 Å². The Labute approximate surface area is 102 Å². The van der Waals surface area contributed by atoms with E-state index in [4.69, 9.17) is 4.74 Å². The summed E-state index contributed by atoms with van der Waals surface area (Å²) in [5.41, 5.74) is 1.03. The zero-order chi connectivity index (χ0) is 10.3. The highest BCUT2D eigenvalue weighted by molar-refractivity contribution is 5.85. The number of ether oxygens (including phenoxy) is 1. The molecule has 2 heterocycles. The van der Waals surface area contributed by atoms with Gasteiger partial charge in [0.25, 0.3) is 0 Å². The molecule has 0 amide bonds. The number of nitrogens with zero attached hydrogens (tertiary/aromatic N) is 1. The number of fused-ring (bicyclic) bond motifs is 1. The molecule has 1 aromatic heterocycles. The second kappa shape index (κ2) is 4.60. The zero-order valence-electron chi connectivity index (χ0n) is 9.35. The van der Waals surface area contributed by atoms with E-state index in [9.17, 15) is 0 Å². The lowest BCUT2D eigenvalue weighted by molar-refractivity contribution is 0.267. The van der Waals surface area contributed by atoms with Gasteiger partial charge < -0.3 is 10.1 Å². The van der Waals surface area contributed by atoms with Crippen LogP contribution in [0.1, 0.15) is 18.5 Å². The van der Waals surface area contributed by atoms with Crippen LogP contribution in [0.5, 0.6) is 5.75 Å². The van der Waals surface area contributed by atoms with Gasteiger partial charge in [-0.15, -0.1) is 12.4 Å². The molecule has 0 radical (unpaired) electrons. The maximum atomic E-state index is 5.69. The van der Waals surface area contributed by atoms with E-state index in [2.05, 4.69) is 10.3 Å². The fourth-order valence-corrected chi connectivity index (χ4v) is 2.30. The van der Waals surface area contributed by atoms with Crippen molar-refractivity contribution >= 4 is 12.4 Å². The number of rotatable bonds is 3. The van der Waals surface area contributed by atoms with Crippen LogP contribution in [0.3, 0.4) is 0 Å². The average molecular weight is 241 g/mol. The predicted octanol–water partition coefficient (Wildman–Crippen LogP) is 1.94. The summed E-state index contributed by atoms with van der Waals surface area (Å²) in [5.74, 6) is 1.82. The predicted molar refractivity (Wildman–Crippen MR) is 65.2 cm³/mol. The third-order valence-corrected chi connectivity index (χ3v) is 3.30. The Bertz CT molecular complexity index is 345. The Morgan fingerprint density at radius 2 is 2.31 bits per heavy atom. The first kappa shape index (κ1) is 11.7. The zero-order valence-corrected chi connectivity index (χ0v) is 10.2. The molecule has 0 unspecified atom stereocenters. The molecule has 0 bridgehead atoms. The summed E-state index contributed by atoms with van der Waals surface area (Å²) in [6, 6.07) is 5.32. The van der Waals surface area contributed by atoms with Crippen molar-refractivity contribution in [2.24, 2.45) is 5.92 Å². The summed E-state index contributed by atoms with van der Waals surface area (Å²) >= 11 is 0. The summed E-state index contributed by atoms with van der Waals surface area (Å²) in [7, 11) is 0. The number of halogens is 1. The lowest BCUT2D eigenvalue weighted by atomic mass is 10.2. The van der Waals surface area contributed by atoms with E-state index < -0.39 is 0 Å². The maximum Gasteiger partial charge on any atom is 0.137 e. The van der Waals surface area contributed by atoms with Gasteiger partial charge in [-0.3, -0.25) is 4.98 Å². The largest absolute Gasteiger partial charge is 0.490 e. The summed E-state index contributed by atoms with van der Waals surface area (Å²) in [6.45, 7) is 2.76. The van der Waals surface area contributed by atoms with Gasteiger partial charge >= 0.3 is 0 Å². The van der Waals surface area contributed by atoms with Crippen LogP contribution in [0.25, 0.3) is 0 Å². The molecule has 0 aromatic carbocycles. The van der Waals surface area contributed by atoms with Crippen LogP contribution in [0.4, 0.5) is 0 Å². The highest BCUT2D eigenvalue weighted by atomic mass is 35.5. The number of piperidine rings is 1. The SMILES string of the molecule is Cc1ccc(OC[C@@H]2C[C@@H]3C[C@@H]3N2)cn1.Cl. The van der Waals surface area contributed by atoms with Gasteiger partial charge in [0.1, 0.15) is 12.4 Å². The molecule has 4 heteroatoms. The smallest absolute Gasteiger partial charge is 0.137 e.